The molecule has 0 saturated heterocycles. The molecule has 0 saturated carbocycles. The predicted octanol–water partition coefficient (Wildman–Crippen LogP) is 4.02. The maximum atomic E-state index is 2.46. The van der Waals surface area contributed by atoms with Crippen molar-refractivity contribution >= 4 is 0 Å². The molecule has 0 radical (unpaired) electrons. The Bertz CT molecular complexity index is 167. The summed E-state index contributed by atoms with van der Waals surface area (Å²) in [6.07, 6.45) is 6.58. The maximum Gasteiger partial charge on any atom is -0.0175 e. The molecule has 0 fully saturated rings. The van der Waals surface area contributed by atoms with Gasteiger partial charge in [0.1, 0.15) is 0 Å². The van der Waals surface area contributed by atoms with Crippen LogP contribution in [0.3, 0.4) is 0 Å². The topological polar surface area (TPSA) is 0 Å². The number of rotatable bonds is 3. The van der Waals surface area contributed by atoms with Crippen LogP contribution in [0, 0.1) is 17.8 Å². The highest BCUT2D eigenvalue weighted by Crippen LogP contribution is 2.36. The molecule has 3 unspecified atom stereocenters. The molecule has 1 aliphatic rings. The molecule has 0 aromatic rings. The third-order valence-electron chi connectivity index (χ3n) is 3.19. The Morgan fingerprint density at radius 1 is 1.58 bits per heavy atom. The van der Waals surface area contributed by atoms with Gasteiger partial charge in [0.15, 0.2) is 0 Å². The van der Waals surface area contributed by atoms with Gasteiger partial charge in [-0.2, -0.15) is 0 Å². The Labute approximate surface area is 77.1 Å². The average Bonchev–Trinajstić information content (AvgIpc) is 2.30. The standard InChI is InChI=1S/C12H22/c1-5-6-10(3)12-8-9(2)7-11(12)4/h7,9-10,12H,5-6,8H2,1-4H3. The summed E-state index contributed by atoms with van der Waals surface area (Å²) in [5, 5.41) is 0. The van der Waals surface area contributed by atoms with Crippen molar-refractivity contribution in [2.75, 3.05) is 0 Å². The van der Waals surface area contributed by atoms with Gasteiger partial charge in [0, 0.05) is 0 Å². The summed E-state index contributed by atoms with van der Waals surface area (Å²) < 4.78 is 0. The lowest BCUT2D eigenvalue weighted by Crippen LogP contribution is -2.10. The van der Waals surface area contributed by atoms with Gasteiger partial charge in [-0.15, -0.1) is 0 Å². The van der Waals surface area contributed by atoms with Crippen LogP contribution in [-0.2, 0) is 0 Å². The zero-order chi connectivity index (χ0) is 9.14. The molecule has 12 heavy (non-hydrogen) atoms. The van der Waals surface area contributed by atoms with Gasteiger partial charge in [-0.3, -0.25) is 0 Å². The van der Waals surface area contributed by atoms with Crippen molar-refractivity contribution in [1.82, 2.24) is 0 Å². The van der Waals surface area contributed by atoms with Gasteiger partial charge in [-0.05, 0) is 31.1 Å². The Morgan fingerprint density at radius 3 is 2.67 bits per heavy atom. The van der Waals surface area contributed by atoms with E-state index in [2.05, 4.69) is 33.8 Å². The highest BCUT2D eigenvalue weighted by Gasteiger charge is 2.25. The van der Waals surface area contributed by atoms with Gasteiger partial charge in [0.05, 0.1) is 0 Å². The van der Waals surface area contributed by atoms with Crippen molar-refractivity contribution in [3.63, 3.8) is 0 Å². The first-order valence-corrected chi connectivity index (χ1v) is 5.33. The average molecular weight is 166 g/mol. The van der Waals surface area contributed by atoms with Crippen molar-refractivity contribution in [2.45, 2.75) is 47.0 Å². The molecule has 0 amide bonds. The molecule has 0 heteroatoms. The highest BCUT2D eigenvalue weighted by molar-refractivity contribution is 5.13. The fraction of sp³-hybridized carbons (Fsp3) is 0.833. The van der Waals surface area contributed by atoms with Gasteiger partial charge in [-0.1, -0.05) is 45.3 Å². The third-order valence-corrected chi connectivity index (χ3v) is 3.19. The molecule has 0 nitrogen and oxygen atoms in total. The monoisotopic (exact) mass is 166 g/mol. The molecule has 0 aliphatic heterocycles. The van der Waals surface area contributed by atoms with Crippen LogP contribution in [0.1, 0.15) is 47.0 Å². The Hall–Kier alpha value is -0.260. The normalized spacial score (nSPS) is 31.8. The number of hydrogen-bond acceptors (Lipinski definition) is 0. The van der Waals surface area contributed by atoms with E-state index in [0.717, 1.165) is 17.8 Å². The van der Waals surface area contributed by atoms with E-state index < -0.39 is 0 Å². The molecule has 0 aromatic heterocycles. The van der Waals surface area contributed by atoms with Crippen molar-refractivity contribution in [3.8, 4) is 0 Å². The Kier molecular flexibility index (Phi) is 3.37. The first kappa shape index (κ1) is 9.83. The highest BCUT2D eigenvalue weighted by atomic mass is 14.3. The number of allylic oxidation sites excluding steroid dienone is 2. The lowest BCUT2D eigenvalue weighted by atomic mass is 9.85. The minimum atomic E-state index is 0.828. The van der Waals surface area contributed by atoms with Crippen LogP contribution in [0.5, 0.6) is 0 Å². The summed E-state index contributed by atoms with van der Waals surface area (Å²) in [6, 6.07) is 0. The smallest absolute Gasteiger partial charge is 0.0175 e. The van der Waals surface area contributed by atoms with E-state index in [9.17, 15) is 0 Å². The largest absolute Gasteiger partial charge is 0.0825 e. The maximum absolute atomic E-state index is 2.46. The van der Waals surface area contributed by atoms with Crippen LogP contribution in [-0.4, -0.2) is 0 Å². The van der Waals surface area contributed by atoms with Gasteiger partial charge in [0.25, 0.3) is 0 Å². The second kappa shape index (κ2) is 4.11. The summed E-state index contributed by atoms with van der Waals surface area (Å²) in [4.78, 5) is 0. The first-order valence-electron chi connectivity index (χ1n) is 5.33. The van der Waals surface area contributed by atoms with E-state index in [4.69, 9.17) is 0 Å². The first-order chi connectivity index (χ1) is 5.65. The predicted molar refractivity (Wildman–Crippen MR) is 55.1 cm³/mol. The fourth-order valence-corrected chi connectivity index (χ4v) is 2.56. The molecule has 70 valence electrons. The van der Waals surface area contributed by atoms with E-state index in [0.29, 0.717) is 0 Å². The van der Waals surface area contributed by atoms with Crippen molar-refractivity contribution in [3.05, 3.63) is 11.6 Å². The Morgan fingerprint density at radius 2 is 2.25 bits per heavy atom. The minimum Gasteiger partial charge on any atom is -0.0825 e. The van der Waals surface area contributed by atoms with Crippen LogP contribution < -0.4 is 0 Å². The van der Waals surface area contributed by atoms with Crippen LogP contribution in [0.25, 0.3) is 0 Å². The molecule has 3 atom stereocenters. The summed E-state index contributed by atoms with van der Waals surface area (Å²) in [6.45, 7) is 9.33. The van der Waals surface area contributed by atoms with Crippen LogP contribution in [0.15, 0.2) is 11.6 Å². The Balaban J connectivity index is 2.48. The lowest BCUT2D eigenvalue weighted by molar-refractivity contribution is 0.359. The van der Waals surface area contributed by atoms with E-state index in [1.165, 1.54) is 19.3 Å². The molecule has 0 heterocycles. The van der Waals surface area contributed by atoms with Crippen molar-refractivity contribution in [1.29, 1.82) is 0 Å². The van der Waals surface area contributed by atoms with E-state index in [1.807, 2.05) is 0 Å². The van der Waals surface area contributed by atoms with Gasteiger partial charge in [-0.25, -0.2) is 0 Å². The molecule has 0 bridgehead atoms. The molecular formula is C12H22. The minimum absolute atomic E-state index is 0.828. The molecule has 1 aliphatic carbocycles. The van der Waals surface area contributed by atoms with Crippen LogP contribution >= 0.6 is 0 Å². The summed E-state index contributed by atoms with van der Waals surface area (Å²) in [5.41, 5.74) is 1.64. The van der Waals surface area contributed by atoms with E-state index in [-0.39, 0.29) is 0 Å². The van der Waals surface area contributed by atoms with Gasteiger partial charge in [0.2, 0.25) is 0 Å². The van der Waals surface area contributed by atoms with E-state index in [1.54, 1.807) is 5.57 Å². The van der Waals surface area contributed by atoms with Crippen LogP contribution in [0.2, 0.25) is 0 Å². The second-order valence-corrected chi connectivity index (χ2v) is 4.50. The summed E-state index contributed by atoms with van der Waals surface area (Å²) >= 11 is 0. The molecule has 0 N–H and O–H groups in total. The van der Waals surface area contributed by atoms with E-state index >= 15 is 0 Å². The summed E-state index contributed by atoms with van der Waals surface area (Å²) in [5.74, 6) is 2.62. The van der Waals surface area contributed by atoms with Crippen molar-refractivity contribution < 1.29 is 0 Å². The number of hydrogen-bond donors (Lipinski definition) is 0. The van der Waals surface area contributed by atoms with Crippen LogP contribution in [0.4, 0.5) is 0 Å². The van der Waals surface area contributed by atoms with Gasteiger partial charge < -0.3 is 0 Å². The lowest BCUT2D eigenvalue weighted by Gasteiger charge is -2.20. The fourth-order valence-electron chi connectivity index (χ4n) is 2.56. The molecule has 0 aromatic carbocycles. The second-order valence-electron chi connectivity index (χ2n) is 4.50. The SMILES string of the molecule is CCCC(C)C1CC(C)C=C1C. The molecule has 1 rings (SSSR count). The summed E-state index contributed by atoms with van der Waals surface area (Å²) in [7, 11) is 0. The molecule has 0 spiro atoms. The quantitative estimate of drug-likeness (QED) is 0.555. The van der Waals surface area contributed by atoms with Crippen molar-refractivity contribution in [2.24, 2.45) is 17.8 Å². The third kappa shape index (κ3) is 2.12. The van der Waals surface area contributed by atoms with Gasteiger partial charge >= 0.3 is 0 Å². The zero-order valence-electron chi connectivity index (χ0n) is 8.93. The zero-order valence-corrected chi connectivity index (χ0v) is 8.93. The molecular weight excluding hydrogens is 144 g/mol.